The van der Waals surface area contributed by atoms with Crippen LogP contribution >= 0.6 is 0 Å². The lowest BCUT2D eigenvalue weighted by Gasteiger charge is -2.39. The van der Waals surface area contributed by atoms with Gasteiger partial charge >= 0.3 is 6.03 Å². The predicted molar refractivity (Wildman–Crippen MR) is 114 cm³/mol. The van der Waals surface area contributed by atoms with E-state index in [1.807, 2.05) is 11.8 Å². The lowest BCUT2D eigenvalue weighted by atomic mass is 9.90. The molecule has 1 aromatic carbocycles. The molecule has 3 heterocycles. The van der Waals surface area contributed by atoms with Crippen LogP contribution < -0.4 is 5.32 Å². The fourth-order valence-electron chi connectivity index (χ4n) is 4.61. The van der Waals surface area contributed by atoms with Gasteiger partial charge in [0, 0.05) is 33.3 Å². The van der Waals surface area contributed by atoms with Crippen molar-refractivity contribution >= 4 is 17.9 Å². The van der Waals surface area contributed by atoms with Gasteiger partial charge in [0.25, 0.3) is 5.91 Å². The number of nitrogens with one attached hydrogen (secondary N) is 1. The summed E-state index contributed by atoms with van der Waals surface area (Å²) in [7, 11) is 1.69. The summed E-state index contributed by atoms with van der Waals surface area (Å²) in [5.74, 6) is 1.19. The minimum Gasteiger partial charge on any atom is -0.380 e. The van der Waals surface area contributed by atoms with Crippen molar-refractivity contribution in [2.24, 2.45) is 10.9 Å². The van der Waals surface area contributed by atoms with E-state index < -0.39 is 18.2 Å². The standard InChI is InChI=1S/C22H31N5O3/c1-3-30-14-13-27-18-19(25(2)22(29)24-20(18)28)23-21(27)26-11-9-17(10-12-26)15-16-7-5-4-6-8-16/h4-8,17-19H,3,9-15H2,1-2H3,(H,24,28,29). The molecule has 0 aliphatic carbocycles. The Labute approximate surface area is 177 Å². The third kappa shape index (κ3) is 4.14. The number of hydrogen-bond acceptors (Lipinski definition) is 6. The first-order valence-electron chi connectivity index (χ1n) is 10.9. The number of hydrogen-bond donors (Lipinski definition) is 1. The maximum atomic E-state index is 12.6. The lowest BCUT2D eigenvalue weighted by molar-refractivity contribution is -0.127. The molecule has 1 N–H and O–H groups in total. The van der Waals surface area contributed by atoms with Crippen LogP contribution in [0, 0.1) is 5.92 Å². The van der Waals surface area contributed by atoms with Gasteiger partial charge in [-0.25, -0.2) is 9.79 Å². The highest BCUT2D eigenvalue weighted by molar-refractivity contribution is 6.03. The minimum absolute atomic E-state index is 0.280. The minimum atomic E-state index is -0.495. The van der Waals surface area contributed by atoms with Crippen LogP contribution in [0.25, 0.3) is 0 Å². The molecule has 3 aliphatic rings. The molecule has 8 heteroatoms. The Morgan fingerprint density at radius 2 is 1.90 bits per heavy atom. The summed E-state index contributed by atoms with van der Waals surface area (Å²) in [6.45, 7) is 5.49. The molecule has 162 valence electrons. The Kier molecular flexibility index (Phi) is 6.22. The number of rotatable bonds is 6. The summed E-state index contributed by atoms with van der Waals surface area (Å²) < 4.78 is 5.55. The highest BCUT2D eigenvalue weighted by atomic mass is 16.5. The maximum absolute atomic E-state index is 12.6. The molecule has 2 saturated heterocycles. The molecule has 1 aromatic rings. The van der Waals surface area contributed by atoms with Crippen LogP contribution in [0.1, 0.15) is 25.3 Å². The second-order valence-corrected chi connectivity index (χ2v) is 8.20. The van der Waals surface area contributed by atoms with E-state index in [2.05, 4.69) is 40.5 Å². The molecule has 0 aromatic heterocycles. The first-order valence-corrected chi connectivity index (χ1v) is 10.9. The summed E-state index contributed by atoms with van der Waals surface area (Å²) in [5.41, 5.74) is 1.38. The number of piperidine rings is 1. The predicted octanol–water partition coefficient (Wildman–Crippen LogP) is 1.53. The summed E-state index contributed by atoms with van der Waals surface area (Å²) in [4.78, 5) is 35.4. The van der Waals surface area contributed by atoms with Gasteiger partial charge < -0.3 is 19.4 Å². The summed E-state index contributed by atoms with van der Waals surface area (Å²) >= 11 is 0. The molecule has 3 amide bonds. The number of benzene rings is 1. The Morgan fingerprint density at radius 1 is 1.17 bits per heavy atom. The molecule has 2 fully saturated rings. The monoisotopic (exact) mass is 413 g/mol. The SMILES string of the molecule is CCOCCN1C(N2CCC(Cc3ccccc3)CC2)=NC2C1C(=O)NC(=O)N2C. The fourth-order valence-corrected chi connectivity index (χ4v) is 4.61. The molecule has 0 bridgehead atoms. The van der Waals surface area contributed by atoms with Crippen molar-refractivity contribution in [2.75, 3.05) is 39.9 Å². The number of guanidine groups is 1. The number of amides is 3. The van der Waals surface area contributed by atoms with Crippen molar-refractivity contribution in [3.05, 3.63) is 35.9 Å². The number of urea groups is 1. The van der Waals surface area contributed by atoms with E-state index >= 15 is 0 Å². The van der Waals surface area contributed by atoms with Gasteiger partial charge in [-0.15, -0.1) is 0 Å². The molecule has 30 heavy (non-hydrogen) atoms. The highest BCUT2D eigenvalue weighted by Crippen LogP contribution is 2.28. The number of nitrogens with zero attached hydrogens (tertiary/aromatic N) is 4. The normalized spacial score (nSPS) is 24.7. The third-order valence-corrected chi connectivity index (χ3v) is 6.28. The lowest BCUT2D eigenvalue weighted by Crippen LogP contribution is -2.64. The van der Waals surface area contributed by atoms with Crippen LogP contribution in [0.2, 0.25) is 0 Å². The number of likely N-dealkylation sites (tertiary alicyclic amines) is 1. The van der Waals surface area contributed by atoms with E-state index in [0.717, 1.165) is 38.3 Å². The van der Waals surface area contributed by atoms with Crippen LogP contribution in [0.4, 0.5) is 4.79 Å². The second-order valence-electron chi connectivity index (χ2n) is 8.20. The van der Waals surface area contributed by atoms with Crippen LogP contribution in [0.3, 0.4) is 0 Å². The summed E-state index contributed by atoms with van der Waals surface area (Å²) in [6, 6.07) is 9.75. The number of carbonyl (C=O) groups excluding carboxylic acids is 2. The summed E-state index contributed by atoms with van der Waals surface area (Å²) in [6.07, 6.45) is 2.79. The molecule has 3 aliphatic heterocycles. The van der Waals surface area contributed by atoms with Crippen LogP contribution in [-0.4, -0.2) is 84.7 Å². The number of fused-ring (bicyclic) bond motifs is 1. The smallest absolute Gasteiger partial charge is 0.325 e. The van der Waals surface area contributed by atoms with E-state index in [1.165, 1.54) is 10.5 Å². The Morgan fingerprint density at radius 3 is 2.60 bits per heavy atom. The van der Waals surface area contributed by atoms with Crippen molar-refractivity contribution in [1.82, 2.24) is 20.0 Å². The van der Waals surface area contributed by atoms with Gasteiger partial charge in [-0.1, -0.05) is 30.3 Å². The van der Waals surface area contributed by atoms with Crippen molar-refractivity contribution in [1.29, 1.82) is 0 Å². The quantitative estimate of drug-likeness (QED) is 0.716. The van der Waals surface area contributed by atoms with Crippen LogP contribution in [0.15, 0.2) is 35.3 Å². The summed E-state index contributed by atoms with van der Waals surface area (Å²) in [5, 5.41) is 2.45. The molecule has 2 atom stereocenters. The van der Waals surface area contributed by atoms with Crippen LogP contribution in [-0.2, 0) is 16.0 Å². The maximum Gasteiger partial charge on any atom is 0.325 e. The van der Waals surface area contributed by atoms with E-state index in [-0.39, 0.29) is 5.91 Å². The van der Waals surface area contributed by atoms with Gasteiger partial charge in [0.15, 0.2) is 18.2 Å². The molecule has 4 rings (SSSR count). The fraction of sp³-hybridized carbons (Fsp3) is 0.591. The number of carbonyl (C=O) groups is 2. The van der Waals surface area contributed by atoms with Crippen molar-refractivity contribution in [2.45, 2.75) is 38.4 Å². The molecule has 8 nitrogen and oxygen atoms in total. The zero-order valence-electron chi connectivity index (χ0n) is 17.8. The van der Waals surface area contributed by atoms with Gasteiger partial charge in [0.05, 0.1) is 6.61 Å². The molecule has 0 spiro atoms. The van der Waals surface area contributed by atoms with Gasteiger partial charge in [-0.3, -0.25) is 10.1 Å². The Bertz CT molecular complexity index is 791. The molecule has 0 saturated carbocycles. The molecular weight excluding hydrogens is 382 g/mol. The topological polar surface area (TPSA) is 77.5 Å². The Hall–Kier alpha value is -2.61. The first-order chi connectivity index (χ1) is 14.6. The van der Waals surface area contributed by atoms with E-state index in [0.29, 0.717) is 25.7 Å². The second kappa shape index (κ2) is 9.04. The first kappa shape index (κ1) is 20.7. The Balaban J connectivity index is 1.45. The molecule has 2 unspecified atom stereocenters. The van der Waals surface area contributed by atoms with Gasteiger partial charge in [0.2, 0.25) is 0 Å². The van der Waals surface area contributed by atoms with Gasteiger partial charge in [0.1, 0.15) is 0 Å². The number of aliphatic imine (C=N–C) groups is 1. The number of ether oxygens (including phenoxy) is 1. The van der Waals surface area contributed by atoms with Crippen molar-refractivity contribution in [3.63, 3.8) is 0 Å². The zero-order chi connectivity index (χ0) is 21.1. The third-order valence-electron chi connectivity index (χ3n) is 6.28. The van der Waals surface area contributed by atoms with Crippen LogP contribution in [0.5, 0.6) is 0 Å². The number of likely N-dealkylation sites (N-methyl/N-ethyl adjacent to an activating group) is 1. The van der Waals surface area contributed by atoms with E-state index in [4.69, 9.17) is 9.73 Å². The van der Waals surface area contributed by atoms with Gasteiger partial charge in [-0.05, 0) is 37.7 Å². The van der Waals surface area contributed by atoms with E-state index in [9.17, 15) is 9.59 Å². The average molecular weight is 414 g/mol. The van der Waals surface area contributed by atoms with E-state index in [1.54, 1.807) is 7.05 Å². The number of imide groups is 1. The van der Waals surface area contributed by atoms with Crippen molar-refractivity contribution < 1.29 is 14.3 Å². The van der Waals surface area contributed by atoms with Gasteiger partial charge in [-0.2, -0.15) is 0 Å². The largest absolute Gasteiger partial charge is 0.380 e. The zero-order valence-corrected chi connectivity index (χ0v) is 17.8. The molecule has 0 radical (unpaired) electrons. The van der Waals surface area contributed by atoms with Crippen molar-refractivity contribution in [3.8, 4) is 0 Å². The average Bonchev–Trinajstić information content (AvgIpc) is 3.14. The highest BCUT2D eigenvalue weighted by Gasteiger charge is 2.49. The molecular formula is C22H31N5O3.